The Kier molecular flexibility index (Phi) is 4.38. The van der Waals surface area contributed by atoms with Gasteiger partial charge in [0.1, 0.15) is 0 Å². The molecular formula is C18H16N2O3. The fraction of sp³-hybridized carbons (Fsp3) is 0.111. The van der Waals surface area contributed by atoms with Gasteiger partial charge in [0.05, 0.1) is 14.2 Å². The van der Waals surface area contributed by atoms with E-state index in [-0.39, 0.29) is 0 Å². The normalized spacial score (nSPS) is 10.9. The molecule has 0 bridgehead atoms. The van der Waals surface area contributed by atoms with Crippen molar-refractivity contribution in [2.24, 2.45) is 0 Å². The van der Waals surface area contributed by atoms with Crippen LogP contribution in [0.15, 0.2) is 53.1 Å². The lowest BCUT2D eigenvalue weighted by Crippen LogP contribution is -1.90. The molecule has 0 unspecified atom stereocenters. The summed E-state index contributed by atoms with van der Waals surface area (Å²) in [5, 5.41) is 3.98. The summed E-state index contributed by atoms with van der Waals surface area (Å²) < 4.78 is 15.7. The third-order valence-corrected chi connectivity index (χ3v) is 3.30. The Morgan fingerprint density at radius 3 is 2.43 bits per heavy atom. The maximum absolute atomic E-state index is 5.28. The van der Waals surface area contributed by atoms with Gasteiger partial charge in [-0.2, -0.15) is 4.98 Å². The van der Waals surface area contributed by atoms with Gasteiger partial charge in [0, 0.05) is 11.6 Å². The van der Waals surface area contributed by atoms with Crippen molar-refractivity contribution in [1.29, 1.82) is 0 Å². The van der Waals surface area contributed by atoms with Crippen LogP contribution < -0.4 is 9.47 Å². The second-order valence-corrected chi connectivity index (χ2v) is 4.77. The van der Waals surface area contributed by atoms with E-state index in [1.807, 2.05) is 54.6 Å². The molecule has 0 spiro atoms. The maximum Gasteiger partial charge on any atom is 0.250 e. The van der Waals surface area contributed by atoms with E-state index in [4.69, 9.17) is 14.0 Å². The van der Waals surface area contributed by atoms with Gasteiger partial charge >= 0.3 is 0 Å². The Morgan fingerprint density at radius 2 is 1.70 bits per heavy atom. The third-order valence-electron chi connectivity index (χ3n) is 3.30. The van der Waals surface area contributed by atoms with Crippen LogP contribution in [0.25, 0.3) is 23.5 Å². The highest BCUT2D eigenvalue weighted by Crippen LogP contribution is 2.28. The Balaban J connectivity index is 1.80. The lowest BCUT2D eigenvalue weighted by atomic mass is 10.2. The summed E-state index contributed by atoms with van der Waals surface area (Å²) in [7, 11) is 3.21. The van der Waals surface area contributed by atoms with Crippen LogP contribution in [0.4, 0.5) is 0 Å². The van der Waals surface area contributed by atoms with Crippen molar-refractivity contribution in [3.63, 3.8) is 0 Å². The number of benzene rings is 2. The summed E-state index contributed by atoms with van der Waals surface area (Å²) >= 11 is 0. The van der Waals surface area contributed by atoms with Gasteiger partial charge in [-0.15, -0.1) is 0 Å². The van der Waals surface area contributed by atoms with Crippen molar-refractivity contribution < 1.29 is 14.0 Å². The van der Waals surface area contributed by atoms with Crippen LogP contribution in [0.5, 0.6) is 11.5 Å². The first kappa shape index (κ1) is 14.8. The molecule has 0 aliphatic rings. The molecule has 0 aliphatic carbocycles. The molecule has 0 N–H and O–H groups in total. The lowest BCUT2D eigenvalue weighted by molar-refractivity contribution is 0.355. The van der Waals surface area contributed by atoms with Crippen molar-refractivity contribution in [2.45, 2.75) is 0 Å². The number of hydrogen-bond donors (Lipinski definition) is 0. The highest BCUT2D eigenvalue weighted by Gasteiger charge is 2.06. The van der Waals surface area contributed by atoms with E-state index in [0.29, 0.717) is 23.2 Å². The maximum atomic E-state index is 5.28. The summed E-state index contributed by atoms with van der Waals surface area (Å²) in [5.74, 6) is 2.37. The fourth-order valence-electron chi connectivity index (χ4n) is 2.13. The van der Waals surface area contributed by atoms with E-state index in [0.717, 1.165) is 11.1 Å². The van der Waals surface area contributed by atoms with Crippen LogP contribution in [0.2, 0.25) is 0 Å². The van der Waals surface area contributed by atoms with E-state index in [1.165, 1.54) is 0 Å². The van der Waals surface area contributed by atoms with Crippen LogP contribution >= 0.6 is 0 Å². The molecule has 116 valence electrons. The average molecular weight is 308 g/mol. The molecule has 0 aliphatic heterocycles. The SMILES string of the molecule is COc1ccc(C=Cc2nc(-c3ccccc3)no2)cc1OC. The molecule has 0 saturated heterocycles. The first-order valence-electron chi connectivity index (χ1n) is 7.09. The van der Waals surface area contributed by atoms with Gasteiger partial charge in [0.15, 0.2) is 11.5 Å². The van der Waals surface area contributed by atoms with Gasteiger partial charge in [-0.3, -0.25) is 0 Å². The third kappa shape index (κ3) is 3.40. The molecule has 3 aromatic rings. The average Bonchev–Trinajstić information content (AvgIpc) is 3.09. The summed E-state index contributed by atoms with van der Waals surface area (Å²) in [6.45, 7) is 0. The molecule has 0 amide bonds. The molecule has 0 fully saturated rings. The van der Waals surface area contributed by atoms with Crippen molar-refractivity contribution >= 4 is 12.2 Å². The van der Waals surface area contributed by atoms with E-state index in [9.17, 15) is 0 Å². The lowest BCUT2D eigenvalue weighted by Gasteiger charge is -2.07. The molecule has 1 aromatic heterocycles. The summed E-state index contributed by atoms with van der Waals surface area (Å²) in [6.07, 6.45) is 3.64. The van der Waals surface area contributed by atoms with E-state index in [1.54, 1.807) is 20.3 Å². The minimum atomic E-state index is 0.443. The van der Waals surface area contributed by atoms with Crippen LogP contribution in [0.3, 0.4) is 0 Å². The zero-order valence-electron chi connectivity index (χ0n) is 12.9. The minimum Gasteiger partial charge on any atom is -0.493 e. The molecule has 0 saturated carbocycles. The van der Waals surface area contributed by atoms with Gasteiger partial charge in [-0.1, -0.05) is 41.6 Å². The molecule has 5 heteroatoms. The predicted molar refractivity (Wildman–Crippen MR) is 88.2 cm³/mol. The molecule has 0 atom stereocenters. The van der Waals surface area contributed by atoms with E-state index in [2.05, 4.69) is 10.1 Å². The van der Waals surface area contributed by atoms with Crippen LogP contribution in [-0.4, -0.2) is 24.4 Å². The summed E-state index contributed by atoms with van der Waals surface area (Å²) in [5.41, 5.74) is 1.86. The van der Waals surface area contributed by atoms with Gasteiger partial charge in [0.25, 0.3) is 5.89 Å². The van der Waals surface area contributed by atoms with Gasteiger partial charge in [0.2, 0.25) is 5.82 Å². The smallest absolute Gasteiger partial charge is 0.250 e. The van der Waals surface area contributed by atoms with Gasteiger partial charge < -0.3 is 14.0 Å². The summed E-state index contributed by atoms with van der Waals surface area (Å²) in [4.78, 5) is 4.35. The van der Waals surface area contributed by atoms with Crippen molar-refractivity contribution in [1.82, 2.24) is 10.1 Å². The Labute approximate surface area is 134 Å². The van der Waals surface area contributed by atoms with Crippen molar-refractivity contribution in [2.75, 3.05) is 14.2 Å². The topological polar surface area (TPSA) is 57.4 Å². The quantitative estimate of drug-likeness (QED) is 0.715. The first-order chi connectivity index (χ1) is 11.3. The molecule has 1 heterocycles. The van der Waals surface area contributed by atoms with Crippen LogP contribution in [-0.2, 0) is 0 Å². The zero-order chi connectivity index (χ0) is 16.1. The predicted octanol–water partition coefficient (Wildman–Crippen LogP) is 3.92. The molecule has 2 aromatic carbocycles. The second-order valence-electron chi connectivity index (χ2n) is 4.77. The number of hydrogen-bond acceptors (Lipinski definition) is 5. The van der Waals surface area contributed by atoms with E-state index < -0.39 is 0 Å². The number of methoxy groups -OCH3 is 2. The molecule has 3 rings (SSSR count). The van der Waals surface area contributed by atoms with Gasteiger partial charge in [-0.25, -0.2) is 0 Å². The highest BCUT2D eigenvalue weighted by molar-refractivity contribution is 5.68. The van der Waals surface area contributed by atoms with E-state index >= 15 is 0 Å². The number of aromatic nitrogens is 2. The fourth-order valence-corrected chi connectivity index (χ4v) is 2.13. The van der Waals surface area contributed by atoms with Crippen molar-refractivity contribution in [3.05, 3.63) is 60.0 Å². The zero-order valence-corrected chi connectivity index (χ0v) is 12.9. The molecule has 0 radical (unpaired) electrons. The number of nitrogens with zero attached hydrogens (tertiary/aromatic N) is 2. The monoisotopic (exact) mass is 308 g/mol. The Morgan fingerprint density at radius 1 is 0.913 bits per heavy atom. The second kappa shape index (κ2) is 6.79. The van der Waals surface area contributed by atoms with Crippen LogP contribution in [0.1, 0.15) is 11.5 Å². The first-order valence-corrected chi connectivity index (χ1v) is 7.09. The van der Waals surface area contributed by atoms with Crippen molar-refractivity contribution in [3.8, 4) is 22.9 Å². The molecular weight excluding hydrogens is 292 g/mol. The van der Waals surface area contributed by atoms with Crippen LogP contribution in [0, 0.1) is 0 Å². The Hall–Kier alpha value is -3.08. The summed E-state index contributed by atoms with van der Waals surface area (Å²) in [6, 6.07) is 15.3. The standard InChI is InChI=1S/C18H16N2O3/c1-21-15-10-8-13(12-16(15)22-2)9-11-17-19-18(20-23-17)14-6-4-3-5-7-14/h3-12H,1-2H3. The molecule has 23 heavy (non-hydrogen) atoms. The highest BCUT2D eigenvalue weighted by atomic mass is 16.5. The Bertz CT molecular complexity index is 810. The van der Waals surface area contributed by atoms with Gasteiger partial charge in [-0.05, 0) is 23.8 Å². The number of ether oxygens (including phenoxy) is 2. The minimum absolute atomic E-state index is 0.443. The number of rotatable bonds is 5. The molecule has 5 nitrogen and oxygen atoms in total. The largest absolute Gasteiger partial charge is 0.493 e.